The van der Waals surface area contributed by atoms with Gasteiger partial charge in [0.1, 0.15) is 19.3 Å². The van der Waals surface area contributed by atoms with Gasteiger partial charge in [-0.1, -0.05) is 388 Å². The first kappa shape index (κ1) is 100. The molecule has 0 saturated carbocycles. The van der Waals surface area contributed by atoms with Gasteiger partial charge in [-0.05, 0) is 37.5 Å². The fourth-order valence-corrected chi connectivity index (χ4v) is 14.4. The molecule has 0 aliphatic heterocycles. The Labute approximate surface area is 626 Å². The molecule has 3 N–H and O–H groups in total. The van der Waals surface area contributed by atoms with Crippen LogP contribution in [0, 0.1) is 11.8 Å². The van der Waals surface area contributed by atoms with Gasteiger partial charge in [-0.25, -0.2) is 9.13 Å². The molecule has 0 aromatic rings. The van der Waals surface area contributed by atoms with Gasteiger partial charge in [0.2, 0.25) is 0 Å². The number of rotatable bonds is 82. The summed E-state index contributed by atoms with van der Waals surface area (Å²) in [7, 11) is -9.92. The fourth-order valence-electron chi connectivity index (χ4n) is 12.9. The van der Waals surface area contributed by atoms with Gasteiger partial charge >= 0.3 is 39.5 Å². The van der Waals surface area contributed by atoms with Crippen molar-refractivity contribution in [3.63, 3.8) is 0 Å². The van der Waals surface area contributed by atoms with E-state index in [0.29, 0.717) is 25.7 Å². The number of unbranched alkanes of at least 4 members (excludes halogenated alkanes) is 51. The second kappa shape index (κ2) is 74.5. The minimum Gasteiger partial charge on any atom is -0.462 e. The van der Waals surface area contributed by atoms with Crippen LogP contribution in [0.25, 0.3) is 0 Å². The lowest BCUT2D eigenvalue weighted by molar-refractivity contribution is -0.161. The number of carbonyl (C=O) groups is 4. The van der Waals surface area contributed by atoms with E-state index >= 15 is 0 Å². The molecule has 606 valence electrons. The molecule has 0 spiro atoms. The van der Waals surface area contributed by atoms with Gasteiger partial charge in [0.25, 0.3) is 0 Å². The molecule has 0 aromatic heterocycles. The summed E-state index contributed by atoms with van der Waals surface area (Å²) in [5.41, 5.74) is 0. The molecule has 0 aliphatic carbocycles. The third-order valence-corrected chi connectivity index (χ3v) is 21.7. The Morgan fingerprint density at radius 1 is 0.284 bits per heavy atom. The van der Waals surface area contributed by atoms with Gasteiger partial charge in [-0.2, -0.15) is 0 Å². The minimum absolute atomic E-state index is 0.107. The molecule has 0 heterocycles. The highest BCUT2D eigenvalue weighted by Gasteiger charge is 2.30. The second-order valence-corrected chi connectivity index (χ2v) is 33.5. The van der Waals surface area contributed by atoms with Crippen molar-refractivity contribution in [2.24, 2.45) is 11.8 Å². The summed E-state index contributed by atoms with van der Waals surface area (Å²) >= 11 is 0. The lowest BCUT2D eigenvalue weighted by Gasteiger charge is -2.21. The standard InChI is InChI=1S/C83H162O17P2/c1-7-10-12-14-16-17-18-19-20-21-22-23-24-25-26-33-38-43-49-55-61-67-83(88)100-79(72-94-81(86)66-60-54-48-42-37-32-28-27-31-36-41-47-52-58-64-76(6)9-3)74-98-102(91,92)96-70-77(84)69-95-101(89,90)97-73-78(71-93-80(85)65-59-53-45-15-13-11-8-2)99-82(87)68-62-56-50-44-39-34-29-30-35-40-46-51-57-63-75(4)5/h75-79,84H,7-74H2,1-6H3,(H,89,90)(H,91,92)/t76?,77-,78+,79+/m0/s1. The van der Waals surface area contributed by atoms with Gasteiger partial charge < -0.3 is 33.8 Å². The molecule has 0 amide bonds. The summed E-state index contributed by atoms with van der Waals surface area (Å²) < 4.78 is 68.7. The van der Waals surface area contributed by atoms with E-state index in [2.05, 4.69) is 41.5 Å². The van der Waals surface area contributed by atoms with Crippen LogP contribution in [0.3, 0.4) is 0 Å². The first-order valence-electron chi connectivity index (χ1n) is 43.0. The topological polar surface area (TPSA) is 237 Å². The van der Waals surface area contributed by atoms with Crippen LogP contribution < -0.4 is 0 Å². The summed E-state index contributed by atoms with van der Waals surface area (Å²) in [6.07, 6.45) is 65.4. The summed E-state index contributed by atoms with van der Waals surface area (Å²) in [4.78, 5) is 73.0. The van der Waals surface area contributed by atoms with E-state index < -0.39 is 97.5 Å². The minimum atomic E-state index is -4.96. The molecule has 0 fully saturated rings. The molecular formula is C83H162O17P2. The molecule has 0 bridgehead atoms. The normalized spacial score (nSPS) is 14.1. The molecule has 102 heavy (non-hydrogen) atoms. The number of aliphatic hydroxyl groups excluding tert-OH is 1. The number of phosphoric ester groups is 2. The monoisotopic (exact) mass is 1490 g/mol. The van der Waals surface area contributed by atoms with Crippen molar-refractivity contribution in [1.29, 1.82) is 0 Å². The van der Waals surface area contributed by atoms with Gasteiger partial charge in [0.15, 0.2) is 12.2 Å². The van der Waals surface area contributed by atoms with Crippen molar-refractivity contribution in [2.45, 2.75) is 458 Å². The molecule has 0 radical (unpaired) electrons. The number of aliphatic hydroxyl groups is 1. The van der Waals surface area contributed by atoms with Crippen LogP contribution in [0.2, 0.25) is 0 Å². The van der Waals surface area contributed by atoms with Crippen LogP contribution in [-0.4, -0.2) is 96.7 Å². The Hall–Kier alpha value is -1.94. The molecule has 3 unspecified atom stereocenters. The van der Waals surface area contributed by atoms with Gasteiger partial charge in [-0.3, -0.25) is 37.3 Å². The van der Waals surface area contributed by atoms with E-state index in [1.54, 1.807) is 0 Å². The van der Waals surface area contributed by atoms with Crippen molar-refractivity contribution < 1.29 is 80.2 Å². The first-order chi connectivity index (χ1) is 49.4. The molecule has 6 atom stereocenters. The highest BCUT2D eigenvalue weighted by Crippen LogP contribution is 2.45. The lowest BCUT2D eigenvalue weighted by atomic mass is 9.99. The Morgan fingerprint density at radius 3 is 0.745 bits per heavy atom. The third-order valence-electron chi connectivity index (χ3n) is 19.8. The second-order valence-electron chi connectivity index (χ2n) is 30.6. The van der Waals surface area contributed by atoms with Crippen LogP contribution in [0.4, 0.5) is 0 Å². The Bertz CT molecular complexity index is 1960. The van der Waals surface area contributed by atoms with E-state index in [9.17, 15) is 43.2 Å². The molecule has 19 heteroatoms. The maximum atomic E-state index is 13.1. The number of hydrogen-bond donors (Lipinski definition) is 3. The van der Waals surface area contributed by atoms with Crippen molar-refractivity contribution in [3.05, 3.63) is 0 Å². The highest BCUT2D eigenvalue weighted by atomic mass is 31.2. The third kappa shape index (κ3) is 74.9. The zero-order valence-electron chi connectivity index (χ0n) is 66.9. The van der Waals surface area contributed by atoms with E-state index in [4.69, 9.17) is 37.0 Å². The maximum absolute atomic E-state index is 13.1. The number of ether oxygens (including phenoxy) is 4. The Balaban J connectivity index is 5.17. The van der Waals surface area contributed by atoms with Gasteiger partial charge in [0, 0.05) is 25.7 Å². The Morgan fingerprint density at radius 2 is 0.500 bits per heavy atom. The first-order valence-corrected chi connectivity index (χ1v) is 46.0. The SMILES string of the molecule is CCCCCCCCCCCCCCCCCCCCCCCC(=O)O[C@H](COC(=O)CCCCCCCCCCCCCCCCC(C)CC)COP(=O)(O)OC[C@@H](O)COP(=O)(O)OC[C@@H](COC(=O)CCCCCCCCC)OC(=O)CCCCCCCCCCCCCCCC(C)C. The van der Waals surface area contributed by atoms with E-state index in [-0.39, 0.29) is 25.7 Å². The van der Waals surface area contributed by atoms with Crippen LogP contribution in [-0.2, 0) is 65.4 Å². The fraction of sp³-hybridized carbons (Fsp3) is 0.952. The lowest BCUT2D eigenvalue weighted by Crippen LogP contribution is -2.30. The molecule has 0 aromatic carbocycles. The van der Waals surface area contributed by atoms with Crippen molar-refractivity contribution >= 4 is 39.5 Å². The quantitative estimate of drug-likeness (QED) is 0.0222. The van der Waals surface area contributed by atoms with Crippen LogP contribution >= 0.6 is 15.6 Å². The van der Waals surface area contributed by atoms with Crippen molar-refractivity contribution in [2.75, 3.05) is 39.6 Å². The maximum Gasteiger partial charge on any atom is 0.472 e. The molecular weight excluding hydrogens is 1330 g/mol. The largest absolute Gasteiger partial charge is 0.472 e. The predicted octanol–water partition coefficient (Wildman–Crippen LogP) is 25.1. The zero-order valence-corrected chi connectivity index (χ0v) is 68.7. The van der Waals surface area contributed by atoms with Gasteiger partial charge in [0.05, 0.1) is 26.4 Å². The van der Waals surface area contributed by atoms with E-state index in [0.717, 1.165) is 115 Å². The number of carbonyl (C=O) groups excluding carboxylic acids is 4. The molecule has 0 saturated heterocycles. The summed E-state index contributed by atoms with van der Waals surface area (Å²) in [5.74, 6) is -0.474. The van der Waals surface area contributed by atoms with E-state index in [1.807, 2.05) is 0 Å². The van der Waals surface area contributed by atoms with Crippen molar-refractivity contribution in [3.8, 4) is 0 Å². The average molecular weight is 1490 g/mol. The predicted molar refractivity (Wildman–Crippen MR) is 418 cm³/mol. The van der Waals surface area contributed by atoms with Crippen molar-refractivity contribution in [1.82, 2.24) is 0 Å². The van der Waals surface area contributed by atoms with Crippen LogP contribution in [0.15, 0.2) is 0 Å². The zero-order chi connectivity index (χ0) is 74.9. The Kier molecular flexibility index (Phi) is 73.1. The molecule has 0 aliphatic rings. The highest BCUT2D eigenvalue weighted by molar-refractivity contribution is 7.47. The number of phosphoric acid groups is 2. The van der Waals surface area contributed by atoms with Crippen LogP contribution in [0.1, 0.15) is 440 Å². The van der Waals surface area contributed by atoms with Crippen LogP contribution in [0.5, 0.6) is 0 Å². The number of hydrogen-bond acceptors (Lipinski definition) is 15. The van der Waals surface area contributed by atoms with E-state index in [1.165, 1.54) is 244 Å². The summed E-state index contributed by atoms with van der Waals surface area (Å²) in [5, 5.41) is 10.6. The smallest absolute Gasteiger partial charge is 0.462 e. The summed E-state index contributed by atoms with van der Waals surface area (Å²) in [6, 6.07) is 0. The molecule has 0 rings (SSSR count). The molecule has 17 nitrogen and oxygen atoms in total. The summed E-state index contributed by atoms with van der Waals surface area (Å²) in [6.45, 7) is 9.68. The average Bonchev–Trinajstić information content (AvgIpc) is 0.913. The van der Waals surface area contributed by atoms with Gasteiger partial charge in [-0.15, -0.1) is 0 Å². The number of esters is 4.